The van der Waals surface area contributed by atoms with E-state index in [2.05, 4.69) is 5.32 Å². The quantitative estimate of drug-likeness (QED) is 0.850. The van der Waals surface area contributed by atoms with E-state index in [1.807, 2.05) is 45.0 Å². The molecule has 6 nitrogen and oxygen atoms in total. The number of aryl methyl sites for hydroxylation is 1. The highest BCUT2D eigenvalue weighted by atomic mass is 32.2. The van der Waals surface area contributed by atoms with Crippen molar-refractivity contribution in [2.45, 2.75) is 38.8 Å². The summed E-state index contributed by atoms with van der Waals surface area (Å²) in [5.41, 5.74) is 2.22. The first-order valence-corrected chi connectivity index (χ1v) is 11.0. The minimum Gasteiger partial charge on any atom is -0.487 e. The largest absolute Gasteiger partial charge is 0.487 e. The Morgan fingerprint density at radius 1 is 1.21 bits per heavy atom. The third kappa shape index (κ3) is 4.14. The van der Waals surface area contributed by atoms with E-state index >= 15 is 0 Å². The molecular weight excluding hydrogens is 376 g/mol. The molecule has 7 heteroatoms. The number of fused-ring (bicyclic) bond motifs is 1. The van der Waals surface area contributed by atoms with Crippen LogP contribution in [0.1, 0.15) is 47.8 Å². The third-order valence-electron chi connectivity index (χ3n) is 4.99. The molecule has 0 aromatic heterocycles. The van der Waals surface area contributed by atoms with Crippen LogP contribution in [0.15, 0.2) is 42.5 Å². The summed E-state index contributed by atoms with van der Waals surface area (Å²) in [6.45, 7) is 5.80. The number of carbonyl (C=O) groups excluding carboxylic acids is 1. The Morgan fingerprint density at radius 2 is 1.89 bits per heavy atom. The number of hydrogen-bond acceptors (Lipinski definition) is 4. The molecule has 2 aromatic carbocycles. The normalized spacial score (nSPS) is 18.0. The van der Waals surface area contributed by atoms with Gasteiger partial charge in [0.25, 0.3) is 5.91 Å². The Hall–Kier alpha value is -2.54. The van der Waals surface area contributed by atoms with Crippen molar-refractivity contribution < 1.29 is 17.9 Å². The second-order valence-electron chi connectivity index (χ2n) is 7.86. The molecule has 0 aliphatic carbocycles. The van der Waals surface area contributed by atoms with Crippen molar-refractivity contribution in [3.8, 4) is 5.75 Å². The van der Waals surface area contributed by atoms with Crippen LogP contribution in [0.5, 0.6) is 5.75 Å². The van der Waals surface area contributed by atoms with Crippen LogP contribution in [0, 0.1) is 6.92 Å². The Kier molecular flexibility index (Phi) is 5.14. The van der Waals surface area contributed by atoms with Crippen LogP contribution in [0.3, 0.4) is 0 Å². The first kappa shape index (κ1) is 20.2. The predicted molar refractivity (Wildman–Crippen MR) is 110 cm³/mol. The summed E-state index contributed by atoms with van der Waals surface area (Å²) in [6.07, 6.45) is 1.78. The van der Waals surface area contributed by atoms with Crippen LogP contribution in [-0.4, -0.2) is 33.2 Å². The Bertz CT molecular complexity index is 1010. The highest BCUT2D eigenvalue weighted by Crippen LogP contribution is 2.39. The Morgan fingerprint density at radius 3 is 2.57 bits per heavy atom. The lowest BCUT2D eigenvalue weighted by Crippen LogP contribution is -2.41. The van der Waals surface area contributed by atoms with Gasteiger partial charge in [0.15, 0.2) is 0 Å². The summed E-state index contributed by atoms with van der Waals surface area (Å²) in [4.78, 5) is 12.9. The lowest BCUT2D eigenvalue weighted by Gasteiger charge is -2.37. The highest BCUT2D eigenvalue weighted by Gasteiger charge is 2.34. The van der Waals surface area contributed by atoms with Crippen molar-refractivity contribution in [3.05, 3.63) is 59.2 Å². The molecule has 0 saturated carbocycles. The maximum Gasteiger partial charge on any atom is 0.251 e. The SMILES string of the molecule is Cc1ccc(C(=O)N[C@H]2CC(C)(C)Oc3ccccc32)cc1N(C)S(C)(=O)=O. The lowest BCUT2D eigenvalue weighted by atomic mass is 9.89. The predicted octanol–water partition coefficient (Wildman–Crippen LogP) is 3.42. The molecule has 0 unspecified atom stereocenters. The third-order valence-corrected chi connectivity index (χ3v) is 6.18. The summed E-state index contributed by atoms with van der Waals surface area (Å²) in [5.74, 6) is 0.520. The molecule has 0 spiro atoms. The van der Waals surface area contributed by atoms with Gasteiger partial charge in [-0.25, -0.2) is 8.42 Å². The van der Waals surface area contributed by atoms with Crippen LogP contribution < -0.4 is 14.4 Å². The maximum absolute atomic E-state index is 12.9. The summed E-state index contributed by atoms with van der Waals surface area (Å²) < 4.78 is 31.0. The van der Waals surface area contributed by atoms with Crippen molar-refractivity contribution in [3.63, 3.8) is 0 Å². The highest BCUT2D eigenvalue weighted by molar-refractivity contribution is 7.92. The minimum absolute atomic E-state index is 0.190. The van der Waals surface area contributed by atoms with Crippen molar-refractivity contribution in [1.82, 2.24) is 5.32 Å². The zero-order chi connectivity index (χ0) is 20.7. The molecular formula is C21H26N2O4S. The van der Waals surface area contributed by atoms with Gasteiger partial charge in [-0.1, -0.05) is 24.3 Å². The zero-order valence-electron chi connectivity index (χ0n) is 16.8. The smallest absolute Gasteiger partial charge is 0.251 e. The number of anilines is 1. The number of hydrogen-bond donors (Lipinski definition) is 1. The molecule has 0 saturated heterocycles. The van der Waals surface area contributed by atoms with Gasteiger partial charge >= 0.3 is 0 Å². The van der Waals surface area contributed by atoms with Crippen LogP contribution in [-0.2, 0) is 10.0 Å². The average molecular weight is 403 g/mol. The van der Waals surface area contributed by atoms with Gasteiger partial charge in [0.2, 0.25) is 10.0 Å². The molecule has 1 atom stereocenters. The van der Waals surface area contributed by atoms with E-state index in [4.69, 9.17) is 4.74 Å². The number of para-hydroxylation sites is 1. The van der Waals surface area contributed by atoms with Gasteiger partial charge in [-0.3, -0.25) is 9.10 Å². The first-order valence-electron chi connectivity index (χ1n) is 9.11. The number of ether oxygens (including phenoxy) is 1. The second kappa shape index (κ2) is 7.13. The van der Waals surface area contributed by atoms with Crippen LogP contribution in [0.4, 0.5) is 5.69 Å². The van der Waals surface area contributed by atoms with Crippen LogP contribution >= 0.6 is 0 Å². The molecule has 0 bridgehead atoms. The number of nitrogens with zero attached hydrogens (tertiary/aromatic N) is 1. The summed E-state index contributed by atoms with van der Waals surface area (Å²) >= 11 is 0. The molecule has 0 fully saturated rings. The minimum atomic E-state index is -3.42. The molecule has 2 aromatic rings. The molecule has 150 valence electrons. The van der Waals surface area contributed by atoms with E-state index in [-0.39, 0.29) is 11.9 Å². The fourth-order valence-corrected chi connectivity index (χ4v) is 4.00. The van der Waals surface area contributed by atoms with Crippen molar-refractivity contribution >= 4 is 21.6 Å². The van der Waals surface area contributed by atoms with E-state index in [0.29, 0.717) is 17.7 Å². The Labute approximate surface area is 166 Å². The lowest BCUT2D eigenvalue weighted by molar-refractivity contribution is 0.0619. The van der Waals surface area contributed by atoms with E-state index in [9.17, 15) is 13.2 Å². The van der Waals surface area contributed by atoms with Gasteiger partial charge in [-0.05, 0) is 44.5 Å². The van der Waals surface area contributed by atoms with Gasteiger partial charge in [-0.15, -0.1) is 0 Å². The topological polar surface area (TPSA) is 75.7 Å². The van der Waals surface area contributed by atoms with Crippen molar-refractivity contribution in [2.24, 2.45) is 0 Å². The summed E-state index contributed by atoms with van der Waals surface area (Å²) in [5, 5.41) is 3.08. The zero-order valence-corrected chi connectivity index (χ0v) is 17.6. The van der Waals surface area contributed by atoms with Gasteiger partial charge < -0.3 is 10.1 Å². The van der Waals surface area contributed by atoms with E-state index in [1.165, 1.54) is 11.4 Å². The number of rotatable bonds is 4. The summed E-state index contributed by atoms with van der Waals surface area (Å²) in [7, 11) is -1.94. The number of benzene rings is 2. The molecule has 3 rings (SSSR count). The molecule has 0 radical (unpaired) electrons. The van der Waals surface area contributed by atoms with E-state index in [1.54, 1.807) is 18.2 Å². The van der Waals surface area contributed by atoms with E-state index in [0.717, 1.165) is 23.1 Å². The monoisotopic (exact) mass is 402 g/mol. The Balaban J connectivity index is 1.90. The molecule has 1 aliphatic rings. The van der Waals surface area contributed by atoms with Gasteiger partial charge in [-0.2, -0.15) is 0 Å². The number of sulfonamides is 1. The maximum atomic E-state index is 12.9. The number of nitrogens with one attached hydrogen (secondary N) is 1. The first-order chi connectivity index (χ1) is 13.0. The van der Waals surface area contributed by atoms with Crippen LogP contribution in [0.25, 0.3) is 0 Å². The average Bonchev–Trinajstić information content (AvgIpc) is 2.59. The van der Waals surface area contributed by atoms with Gasteiger partial charge in [0.1, 0.15) is 11.4 Å². The fourth-order valence-electron chi connectivity index (χ4n) is 3.44. The molecule has 1 heterocycles. The van der Waals surface area contributed by atoms with Crippen molar-refractivity contribution in [1.29, 1.82) is 0 Å². The van der Waals surface area contributed by atoms with Gasteiger partial charge in [0, 0.05) is 24.6 Å². The second-order valence-corrected chi connectivity index (χ2v) is 9.88. The van der Waals surface area contributed by atoms with E-state index < -0.39 is 15.6 Å². The fraction of sp³-hybridized carbons (Fsp3) is 0.381. The van der Waals surface area contributed by atoms with Gasteiger partial charge in [0.05, 0.1) is 18.0 Å². The molecule has 1 N–H and O–H groups in total. The molecule has 1 amide bonds. The molecule has 1 aliphatic heterocycles. The standard InChI is InChI=1S/C21H26N2O4S/c1-14-10-11-15(12-18(14)23(4)28(5,25)26)20(24)22-17-13-21(2,3)27-19-9-7-6-8-16(17)19/h6-12,17H,13H2,1-5H3,(H,22,24)/t17-/m0/s1. The number of carbonyl (C=O) groups is 1. The van der Waals surface area contributed by atoms with Crippen molar-refractivity contribution in [2.75, 3.05) is 17.6 Å². The van der Waals surface area contributed by atoms with Crippen LogP contribution in [0.2, 0.25) is 0 Å². The molecule has 28 heavy (non-hydrogen) atoms. The summed E-state index contributed by atoms with van der Waals surface area (Å²) in [6, 6.07) is 12.6. The number of amides is 1.